The van der Waals surface area contributed by atoms with Gasteiger partial charge in [-0.1, -0.05) is 12.6 Å². The molecule has 0 unspecified atom stereocenters. The molecule has 18 heavy (non-hydrogen) atoms. The van der Waals surface area contributed by atoms with Gasteiger partial charge >= 0.3 is 11.2 Å². The number of carbonyl (C=O) groups is 1. The highest BCUT2D eigenvalue weighted by Crippen LogP contribution is 2.60. The minimum absolute atomic E-state index is 0.0105. The van der Waals surface area contributed by atoms with E-state index in [4.69, 9.17) is 4.74 Å². The Balaban J connectivity index is 1.64. The van der Waals surface area contributed by atoms with Gasteiger partial charge in [-0.2, -0.15) is 8.78 Å². The minimum atomic E-state index is -3.66. The fourth-order valence-electron chi connectivity index (χ4n) is 4.77. The Labute approximate surface area is 111 Å². The van der Waals surface area contributed by atoms with Crippen molar-refractivity contribution in [2.24, 2.45) is 23.2 Å². The lowest BCUT2D eigenvalue weighted by molar-refractivity contribution is -0.170. The molecule has 0 aromatic heterocycles. The van der Waals surface area contributed by atoms with E-state index in [9.17, 15) is 13.6 Å². The number of halogens is 2. The molecule has 4 aliphatic carbocycles. The van der Waals surface area contributed by atoms with Crippen molar-refractivity contribution in [1.29, 1.82) is 0 Å². The van der Waals surface area contributed by atoms with Crippen molar-refractivity contribution in [2.75, 3.05) is 6.61 Å². The zero-order chi connectivity index (χ0) is 13.0. The van der Waals surface area contributed by atoms with Gasteiger partial charge in [0.05, 0.1) is 6.61 Å². The first-order valence-corrected chi connectivity index (χ1v) is 7.08. The number of carbonyl (C=O) groups excluding carboxylic acids is 1. The van der Waals surface area contributed by atoms with Crippen LogP contribution in [0.25, 0.3) is 0 Å². The fourth-order valence-corrected chi connectivity index (χ4v) is 4.84. The summed E-state index contributed by atoms with van der Waals surface area (Å²) < 4.78 is 30.2. The van der Waals surface area contributed by atoms with Crippen molar-refractivity contribution in [3.63, 3.8) is 0 Å². The summed E-state index contributed by atoms with van der Waals surface area (Å²) in [4.78, 5) is 11.1. The van der Waals surface area contributed by atoms with E-state index in [1.54, 1.807) is 0 Å². The van der Waals surface area contributed by atoms with Gasteiger partial charge in [0.2, 0.25) is 0 Å². The van der Waals surface area contributed by atoms with Crippen molar-refractivity contribution in [2.45, 2.75) is 43.8 Å². The number of hydrogen-bond acceptors (Lipinski definition) is 3. The standard InChI is InChI=1S/C13H18F2O2S/c14-13(15,18)11(16)17-7-12-4-8-1-9(5-12)3-10(2-8)6-12/h8-10,18H,1-7H2. The Hall–Kier alpha value is -0.320. The molecule has 0 atom stereocenters. The number of ether oxygens (including phenoxy) is 1. The highest BCUT2D eigenvalue weighted by molar-refractivity contribution is 7.82. The molecule has 4 aliphatic rings. The molecule has 4 fully saturated rings. The van der Waals surface area contributed by atoms with Crippen LogP contribution in [0.1, 0.15) is 38.5 Å². The summed E-state index contributed by atoms with van der Waals surface area (Å²) in [6.45, 7) is 0.158. The summed E-state index contributed by atoms with van der Waals surface area (Å²) >= 11 is 2.95. The molecular weight excluding hydrogens is 258 g/mol. The summed E-state index contributed by atoms with van der Waals surface area (Å²) in [5, 5.41) is -3.66. The second-order valence-electron chi connectivity index (χ2n) is 6.53. The molecule has 4 rings (SSSR count). The Kier molecular flexibility index (Phi) is 2.88. The lowest BCUT2D eigenvalue weighted by atomic mass is 9.50. The molecule has 2 nitrogen and oxygen atoms in total. The van der Waals surface area contributed by atoms with Crippen LogP contribution in [0.4, 0.5) is 8.78 Å². The Morgan fingerprint density at radius 1 is 1.17 bits per heavy atom. The number of hydrogen-bond donors (Lipinski definition) is 1. The van der Waals surface area contributed by atoms with Gasteiger partial charge in [-0.25, -0.2) is 4.79 Å². The highest BCUT2D eigenvalue weighted by Gasteiger charge is 2.52. The summed E-state index contributed by atoms with van der Waals surface area (Å²) in [5.41, 5.74) is -0.0105. The van der Waals surface area contributed by atoms with E-state index >= 15 is 0 Å². The normalized spacial score (nSPS) is 42.1. The maximum Gasteiger partial charge on any atom is 0.388 e. The quantitative estimate of drug-likeness (QED) is 0.632. The lowest BCUT2D eigenvalue weighted by Gasteiger charge is -2.56. The zero-order valence-corrected chi connectivity index (χ0v) is 11.1. The third kappa shape index (κ3) is 2.26. The molecular formula is C13H18F2O2S. The maximum atomic E-state index is 12.7. The van der Waals surface area contributed by atoms with Gasteiger partial charge in [0.25, 0.3) is 0 Å². The van der Waals surface area contributed by atoms with Crippen LogP contribution in [0.15, 0.2) is 0 Å². The Morgan fingerprint density at radius 3 is 2.00 bits per heavy atom. The molecule has 0 saturated heterocycles. The fraction of sp³-hybridized carbons (Fsp3) is 0.923. The molecule has 0 N–H and O–H groups in total. The van der Waals surface area contributed by atoms with E-state index in [2.05, 4.69) is 12.6 Å². The third-order valence-corrected chi connectivity index (χ3v) is 5.10. The molecule has 0 aliphatic heterocycles. The second kappa shape index (κ2) is 4.09. The van der Waals surface area contributed by atoms with Gasteiger partial charge in [-0.15, -0.1) is 0 Å². The van der Waals surface area contributed by atoms with Crippen LogP contribution >= 0.6 is 12.6 Å². The molecule has 4 bridgehead atoms. The maximum absolute atomic E-state index is 12.7. The predicted molar refractivity (Wildman–Crippen MR) is 65.5 cm³/mol. The first-order chi connectivity index (χ1) is 8.36. The zero-order valence-electron chi connectivity index (χ0n) is 10.2. The van der Waals surface area contributed by atoms with Crippen molar-refractivity contribution < 1.29 is 18.3 Å². The van der Waals surface area contributed by atoms with Crippen LogP contribution in [0.5, 0.6) is 0 Å². The van der Waals surface area contributed by atoms with Crippen LogP contribution in [0.3, 0.4) is 0 Å². The van der Waals surface area contributed by atoms with Gasteiger partial charge in [0.1, 0.15) is 0 Å². The van der Waals surface area contributed by atoms with E-state index in [-0.39, 0.29) is 12.0 Å². The minimum Gasteiger partial charge on any atom is -0.460 e. The van der Waals surface area contributed by atoms with Gasteiger partial charge < -0.3 is 4.74 Å². The smallest absolute Gasteiger partial charge is 0.388 e. The molecule has 0 aromatic carbocycles. The van der Waals surface area contributed by atoms with Crippen molar-refractivity contribution in [1.82, 2.24) is 0 Å². The van der Waals surface area contributed by atoms with Crippen LogP contribution in [0, 0.1) is 23.2 Å². The average molecular weight is 276 g/mol. The molecule has 0 heterocycles. The molecule has 0 spiro atoms. The van der Waals surface area contributed by atoms with Gasteiger partial charge in [0.15, 0.2) is 0 Å². The predicted octanol–water partition coefficient (Wildman–Crippen LogP) is 3.27. The van der Waals surface area contributed by atoms with Crippen molar-refractivity contribution in [3.05, 3.63) is 0 Å². The first-order valence-electron chi connectivity index (χ1n) is 6.64. The summed E-state index contributed by atoms with van der Waals surface area (Å²) in [6.07, 6.45) is 7.00. The third-order valence-electron chi connectivity index (χ3n) is 4.92. The van der Waals surface area contributed by atoms with E-state index in [0.29, 0.717) is 0 Å². The largest absolute Gasteiger partial charge is 0.460 e. The Bertz CT molecular complexity index is 329. The van der Waals surface area contributed by atoms with Gasteiger partial charge in [-0.3, -0.25) is 0 Å². The number of alkyl halides is 2. The van der Waals surface area contributed by atoms with E-state index in [1.165, 1.54) is 19.3 Å². The Morgan fingerprint density at radius 2 is 1.61 bits per heavy atom. The average Bonchev–Trinajstić information content (AvgIpc) is 2.22. The monoisotopic (exact) mass is 276 g/mol. The second-order valence-corrected chi connectivity index (χ2v) is 7.10. The topological polar surface area (TPSA) is 26.3 Å². The van der Waals surface area contributed by atoms with Gasteiger partial charge in [-0.05, 0) is 56.3 Å². The van der Waals surface area contributed by atoms with Crippen LogP contribution < -0.4 is 0 Å². The molecule has 102 valence electrons. The number of rotatable bonds is 3. The molecule has 0 amide bonds. The SMILES string of the molecule is O=C(OCC12CC3CC(CC(C3)C1)C2)C(F)(F)S. The van der Waals surface area contributed by atoms with E-state index in [1.807, 2.05) is 0 Å². The lowest BCUT2D eigenvalue weighted by Crippen LogP contribution is -2.48. The summed E-state index contributed by atoms with van der Waals surface area (Å²) in [5.74, 6) is 0.686. The van der Waals surface area contributed by atoms with Crippen LogP contribution in [-0.2, 0) is 9.53 Å². The molecule has 0 radical (unpaired) electrons. The van der Waals surface area contributed by atoms with Crippen LogP contribution in [-0.4, -0.2) is 17.8 Å². The van der Waals surface area contributed by atoms with Gasteiger partial charge in [0, 0.05) is 5.41 Å². The van der Waals surface area contributed by atoms with E-state index in [0.717, 1.165) is 37.0 Å². The summed E-state index contributed by atoms with van der Waals surface area (Å²) in [6, 6.07) is 0. The van der Waals surface area contributed by atoms with Crippen LogP contribution in [0.2, 0.25) is 0 Å². The molecule has 5 heteroatoms. The molecule has 0 aromatic rings. The number of esters is 1. The van der Waals surface area contributed by atoms with Crippen molar-refractivity contribution >= 4 is 18.6 Å². The van der Waals surface area contributed by atoms with E-state index < -0.39 is 11.2 Å². The first kappa shape index (κ1) is 12.7. The molecule has 4 saturated carbocycles. The number of thiol groups is 1. The summed E-state index contributed by atoms with van der Waals surface area (Å²) in [7, 11) is 0. The highest BCUT2D eigenvalue weighted by atomic mass is 32.1. The van der Waals surface area contributed by atoms with Crippen molar-refractivity contribution in [3.8, 4) is 0 Å².